The highest BCUT2D eigenvalue weighted by Crippen LogP contribution is 2.05. The largest absolute Gasteiger partial charge is 0.344 e. The molecule has 1 heterocycles. The molecule has 0 saturated heterocycles. The first-order chi connectivity index (χ1) is 3.70. The highest BCUT2D eigenvalue weighted by Gasteiger charge is 2.18. The molecule has 2 nitrogen and oxygen atoms in total. The maximum atomic E-state index is 12.0. The number of carbonyl (C=O) groups is 1. The SMILES string of the molecule is C[C@H]1C=C(F)C(=O)N1. The van der Waals surface area contributed by atoms with Gasteiger partial charge in [0.2, 0.25) is 0 Å². The Morgan fingerprint density at radius 2 is 2.50 bits per heavy atom. The van der Waals surface area contributed by atoms with Crippen LogP contribution in [0, 0.1) is 0 Å². The van der Waals surface area contributed by atoms with Crippen LogP contribution in [0.15, 0.2) is 11.9 Å². The lowest BCUT2D eigenvalue weighted by molar-refractivity contribution is -0.118. The van der Waals surface area contributed by atoms with Gasteiger partial charge in [-0.3, -0.25) is 4.79 Å². The summed E-state index contributed by atoms with van der Waals surface area (Å²) in [6, 6.07) is -0.137. The summed E-state index contributed by atoms with van der Waals surface area (Å²) in [4.78, 5) is 10.2. The molecule has 1 aliphatic heterocycles. The molecule has 0 bridgehead atoms. The average Bonchev–Trinajstić information content (AvgIpc) is 1.85. The predicted molar refractivity (Wildman–Crippen MR) is 26.8 cm³/mol. The second-order valence-electron chi connectivity index (χ2n) is 1.78. The Balaban J connectivity index is 2.73. The molecule has 44 valence electrons. The number of halogens is 1. The summed E-state index contributed by atoms with van der Waals surface area (Å²) in [7, 11) is 0. The van der Waals surface area contributed by atoms with Gasteiger partial charge in [0, 0.05) is 6.04 Å². The third-order valence-corrected chi connectivity index (χ3v) is 0.972. The maximum absolute atomic E-state index is 12.0. The molecular weight excluding hydrogens is 109 g/mol. The Morgan fingerprint density at radius 3 is 2.62 bits per heavy atom. The van der Waals surface area contributed by atoms with Gasteiger partial charge in [0.25, 0.3) is 5.91 Å². The van der Waals surface area contributed by atoms with Crippen LogP contribution in [0.3, 0.4) is 0 Å². The zero-order chi connectivity index (χ0) is 6.15. The van der Waals surface area contributed by atoms with Crippen LogP contribution >= 0.6 is 0 Å². The van der Waals surface area contributed by atoms with Crippen molar-refractivity contribution in [3.63, 3.8) is 0 Å². The highest BCUT2D eigenvalue weighted by atomic mass is 19.1. The van der Waals surface area contributed by atoms with Gasteiger partial charge in [-0.1, -0.05) is 0 Å². The molecule has 1 amide bonds. The van der Waals surface area contributed by atoms with Crippen molar-refractivity contribution in [1.82, 2.24) is 5.32 Å². The first-order valence-electron chi connectivity index (χ1n) is 2.38. The van der Waals surface area contributed by atoms with E-state index in [9.17, 15) is 9.18 Å². The van der Waals surface area contributed by atoms with Gasteiger partial charge < -0.3 is 5.32 Å². The molecule has 0 spiro atoms. The second kappa shape index (κ2) is 1.58. The Kier molecular flexibility index (Phi) is 1.04. The Hall–Kier alpha value is -0.860. The van der Waals surface area contributed by atoms with Crippen molar-refractivity contribution >= 4 is 5.91 Å². The van der Waals surface area contributed by atoms with Crippen LogP contribution in [-0.4, -0.2) is 11.9 Å². The Morgan fingerprint density at radius 1 is 1.88 bits per heavy atom. The van der Waals surface area contributed by atoms with Crippen molar-refractivity contribution < 1.29 is 9.18 Å². The molecule has 0 fully saturated rings. The van der Waals surface area contributed by atoms with E-state index in [0.29, 0.717) is 0 Å². The molecule has 1 rings (SSSR count). The minimum atomic E-state index is -0.669. The molecule has 0 aromatic heterocycles. The van der Waals surface area contributed by atoms with Gasteiger partial charge >= 0.3 is 0 Å². The van der Waals surface area contributed by atoms with Crippen LogP contribution in [0.1, 0.15) is 6.92 Å². The van der Waals surface area contributed by atoms with Crippen molar-refractivity contribution in [3.05, 3.63) is 11.9 Å². The Labute approximate surface area is 46.4 Å². The van der Waals surface area contributed by atoms with Crippen LogP contribution < -0.4 is 5.32 Å². The average molecular weight is 115 g/mol. The van der Waals surface area contributed by atoms with Gasteiger partial charge in [-0.2, -0.15) is 0 Å². The summed E-state index contributed by atoms with van der Waals surface area (Å²) < 4.78 is 12.0. The van der Waals surface area contributed by atoms with E-state index in [4.69, 9.17) is 0 Å². The summed E-state index contributed by atoms with van der Waals surface area (Å²) in [5, 5.41) is 2.36. The summed E-state index contributed by atoms with van der Waals surface area (Å²) in [6.07, 6.45) is 1.25. The summed E-state index contributed by atoms with van der Waals surface area (Å²) >= 11 is 0. The molecule has 8 heavy (non-hydrogen) atoms. The van der Waals surface area contributed by atoms with Gasteiger partial charge in [-0.15, -0.1) is 0 Å². The van der Waals surface area contributed by atoms with Crippen LogP contribution in [0.25, 0.3) is 0 Å². The van der Waals surface area contributed by atoms with Gasteiger partial charge in [-0.25, -0.2) is 4.39 Å². The smallest absolute Gasteiger partial charge is 0.280 e. The normalized spacial score (nSPS) is 27.5. The molecule has 0 unspecified atom stereocenters. The molecule has 3 heteroatoms. The van der Waals surface area contributed by atoms with E-state index in [1.54, 1.807) is 6.92 Å². The van der Waals surface area contributed by atoms with Crippen LogP contribution in [0.2, 0.25) is 0 Å². The summed E-state index contributed by atoms with van der Waals surface area (Å²) in [5.41, 5.74) is 0. The second-order valence-corrected chi connectivity index (χ2v) is 1.78. The summed E-state index contributed by atoms with van der Waals surface area (Å²) in [6.45, 7) is 1.71. The molecule has 0 aromatic carbocycles. The number of nitrogens with one attached hydrogen (secondary N) is 1. The third-order valence-electron chi connectivity index (χ3n) is 0.972. The van der Waals surface area contributed by atoms with Crippen LogP contribution in [0.5, 0.6) is 0 Å². The lowest BCUT2D eigenvalue weighted by Crippen LogP contribution is -2.23. The van der Waals surface area contributed by atoms with Crippen LogP contribution in [0.4, 0.5) is 4.39 Å². The third kappa shape index (κ3) is 0.710. The number of hydrogen-bond acceptors (Lipinski definition) is 1. The fourth-order valence-corrected chi connectivity index (χ4v) is 0.613. The molecule has 0 radical (unpaired) electrons. The minimum Gasteiger partial charge on any atom is -0.344 e. The minimum absolute atomic E-state index is 0.137. The first kappa shape index (κ1) is 5.28. The monoisotopic (exact) mass is 115 g/mol. The van der Waals surface area contributed by atoms with E-state index in [1.807, 2.05) is 0 Å². The Bertz CT molecular complexity index is 153. The first-order valence-corrected chi connectivity index (χ1v) is 2.38. The molecule has 0 aromatic rings. The number of hydrogen-bond donors (Lipinski definition) is 1. The van der Waals surface area contributed by atoms with Crippen molar-refractivity contribution in [2.24, 2.45) is 0 Å². The molecule has 1 aliphatic rings. The fourth-order valence-electron chi connectivity index (χ4n) is 0.613. The fraction of sp³-hybridized carbons (Fsp3) is 0.400. The van der Waals surface area contributed by atoms with Gasteiger partial charge in [-0.05, 0) is 13.0 Å². The standard InChI is InChI=1S/C5H6FNO/c1-3-2-4(6)5(8)7-3/h2-3H,1H3,(H,7,8)/t3-/m0/s1. The van der Waals surface area contributed by atoms with E-state index in [-0.39, 0.29) is 6.04 Å². The van der Waals surface area contributed by atoms with Crippen LogP contribution in [-0.2, 0) is 4.79 Å². The molecular formula is C5H6FNO. The molecule has 1 N–H and O–H groups in total. The topological polar surface area (TPSA) is 29.1 Å². The van der Waals surface area contributed by atoms with E-state index in [2.05, 4.69) is 5.32 Å². The van der Waals surface area contributed by atoms with Crippen molar-refractivity contribution in [2.75, 3.05) is 0 Å². The van der Waals surface area contributed by atoms with Gasteiger partial charge in [0.05, 0.1) is 0 Å². The lowest BCUT2D eigenvalue weighted by atomic mass is 10.4. The van der Waals surface area contributed by atoms with E-state index >= 15 is 0 Å². The van der Waals surface area contributed by atoms with E-state index in [0.717, 1.165) is 0 Å². The molecule has 1 atom stereocenters. The zero-order valence-electron chi connectivity index (χ0n) is 4.44. The van der Waals surface area contributed by atoms with Crippen molar-refractivity contribution in [2.45, 2.75) is 13.0 Å². The molecule has 0 saturated carbocycles. The number of amides is 1. The zero-order valence-corrected chi connectivity index (χ0v) is 4.44. The molecule has 0 aliphatic carbocycles. The number of rotatable bonds is 0. The van der Waals surface area contributed by atoms with Gasteiger partial charge in [0.1, 0.15) is 0 Å². The van der Waals surface area contributed by atoms with Gasteiger partial charge in [0.15, 0.2) is 5.83 Å². The maximum Gasteiger partial charge on any atom is 0.280 e. The van der Waals surface area contributed by atoms with E-state index in [1.165, 1.54) is 6.08 Å². The highest BCUT2D eigenvalue weighted by molar-refractivity contribution is 5.93. The number of carbonyl (C=O) groups excluding carboxylic acids is 1. The quantitative estimate of drug-likeness (QED) is 0.485. The van der Waals surface area contributed by atoms with E-state index < -0.39 is 11.7 Å². The predicted octanol–water partition coefficient (Wildman–Crippen LogP) is 0.358. The summed E-state index contributed by atoms with van der Waals surface area (Å²) in [5.74, 6) is -1.27. The lowest BCUT2D eigenvalue weighted by Gasteiger charge is -1.94. The van der Waals surface area contributed by atoms with Crippen molar-refractivity contribution in [1.29, 1.82) is 0 Å². The van der Waals surface area contributed by atoms with Crippen molar-refractivity contribution in [3.8, 4) is 0 Å².